The van der Waals surface area contributed by atoms with E-state index in [9.17, 15) is 4.79 Å². The zero-order valence-corrected chi connectivity index (χ0v) is 22.6. The summed E-state index contributed by atoms with van der Waals surface area (Å²) >= 11 is 0. The Morgan fingerprint density at radius 2 is 1.90 bits per heavy atom. The van der Waals surface area contributed by atoms with Crippen LogP contribution in [0.5, 0.6) is 0 Å². The van der Waals surface area contributed by atoms with Gasteiger partial charge in [-0.3, -0.25) is 4.57 Å². The number of nitrogens with one attached hydrogen (secondary N) is 1. The summed E-state index contributed by atoms with van der Waals surface area (Å²) in [5, 5.41) is 12.0. The molecule has 0 saturated carbocycles. The lowest BCUT2D eigenvalue weighted by Gasteiger charge is -2.23. The van der Waals surface area contributed by atoms with Gasteiger partial charge in [-0.1, -0.05) is 24.3 Å². The molecule has 198 valence electrons. The van der Waals surface area contributed by atoms with Crippen molar-refractivity contribution in [2.24, 2.45) is 0 Å². The number of hydrogen-bond donors (Lipinski definition) is 1. The molecule has 2 aromatic heterocycles. The highest BCUT2D eigenvalue weighted by Gasteiger charge is 2.28. The molecule has 1 fully saturated rings. The maximum absolute atomic E-state index is 12.3. The van der Waals surface area contributed by atoms with E-state index < -0.39 is 5.60 Å². The van der Waals surface area contributed by atoms with Crippen molar-refractivity contribution in [3.63, 3.8) is 0 Å². The molecule has 39 heavy (non-hydrogen) atoms. The molecule has 2 aromatic carbocycles. The quantitative estimate of drug-likeness (QED) is 0.307. The predicted molar refractivity (Wildman–Crippen MR) is 150 cm³/mol. The number of hydrogen-bond acceptors (Lipinski definition) is 5. The van der Waals surface area contributed by atoms with Crippen molar-refractivity contribution < 1.29 is 9.53 Å². The molecule has 0 aliphatic carbocycles. The molecule has 0 unspecified atom stereocenters. The van der Waals surface area contributed by atoms with Crippen LogP contribution in [0.25, 0.3) is 33.2 Å². The van der Waals surface area contributed by atoms with Crippen molar-refractivity contribution in [3.05, 3.63) is 77.5 Å². The zero-order chi connectivity index (χ0) is 27.3. The van der Waals surface area contributed by atoms with E-state index in [4.69, 9.17) is 11.3 Å². The van der Waals surface area contributed by atoms with Crippen LogP contribution < -0.4 is 10.2 Å². The van der Waals surface area contributed by atoms with E-state index in [1.165, 1.54) is 5.56 Å². The number of nitrogens with zero attached hydrogens (tertiary/aromatic N) is 6. The Hall–Kier alpha value is -4.58. The maximum atomic E-state index is 12.3. The number of benzene rings is 2. The van der Waals surface area contributed by atoms with Gasteiger partial charge < -0.3 is 19.5 Å². The number of anilines is 1. The first-order valence-corrected chi connectivity index (χ1v) is 13.2. The molecule has 2 aliphatic rings. The standard InChI is InChI=1S/C30H31N7O2/c1-19-33-34-28-27-15-21(20-6-8-23(31-5)9-7-20)16-36(27)17-22-14-25(10-11-26(22)37(19)28)35-13-12-24(18-35)32-29(38)39-30(2,3)4/h6-11,14-16,24H,12-13,17-18H2,1-4H3,(H,32,38)/t24-/m0/s1. The fraction of sp³-hybridized carbons (Fsp3) is 0.333. The highest BCUT2D eigenvalue weighted by atomic mass is 16.6. The lowest BCUT2D eigenvalue weighted by atomic mass is 10.1. The Balaban J connectivity index is 1.30. The molecular formula is C30H31N7O2. The Bertz CT molecular complexity index is 1600. The summed E-state index contributed by atoms with van der Waals surface area (Å²) in [6.45, 7) is 17.1. The number of fused-ring (bicyclic) bond motifs is 5. The second-order valence-electron chi connectivity index (χ2n) is 11.2. The summed E-state index contributed by atoms with van der Waals surface area (Å²) in [7, 11) is 0. The van der Waals surface area contributed by atoms with Gasteiger partial charge in [-0.15, -0.1) is 10.2 Å². The van der Waals surface area contributed by atoms with E-state index in [0.717, 1.165) is 59.4 Å². The molecule has 9 heteroatoms. The number of carbonyl (C=O) groups is 1. The third-order valence-electron chi connectivity index (χ3n) is 7.20. The predicted octanol–water partition coefficient (Wildman–Crippen LogP) is 5.73. The number of alkyl carbamates (subject to hydrolysis) is 1. The van der Waals surface area contributed by atoms with Gasteiger partial charge in [-0.05, 0) is 69.5 Å². The summed E-state index contributed by atoms with van der Waals surface area (Å²) < 4.78 is 9.80. The minimum atomic E-state index is -0.517. The van der Waals surface area contributed by atoms with Crippen LogP contribution in [0.4, 0.5) is 16.2 Å². The molecule has 4 aromatic rings. The summed E-state index contributed by atoms with van der Waals surface area (Å²) in [6, 6.07) is 16.4. The van der Waals surface area contributed by atoms with Crippen LogP contribution in [0.2, 0.25) is 0 Å². The topological polar surface area (TPSA) is 81.6 Å². The summed E-state index contributed by atoms with van der Waals surface area (Å²) in [5.74, 6) is 1.64. The van der Waals surface area contributed by atoms with Crippen molar-refractivity contribution in [1.29, 1.82) is 0 Å². The maximum Gasteiger partial charge on any atom is 0.407 e. The Labute approximate surface area is 227 Å². The number of aryl methyl sites for hydroxylation is 1. The molecule has 0 radical (unpaired) electrons. The van der Waals surface area contributed by atoms with Gasteiger partial charge in [0.1, 0.15) is 11.4 Å². The van der Waals surface area contributed by atoms with Crippen molar-refractivity contribution in [2.45, 2.75) is 52.3 Å². The SMILES string of the molecule is [C-]#[N+]c1ccc(-c2cc3n(c2)Cc2cc(N4CC[C@H](NC(=O)OC(C)(C)C)C4)ccc2-n2c(C)nnc2-3)cc1. The Morgan fingerprint density at radius 1 is 1.10 bits per heavy atom. The zero-order valence-electron chi connectivity index (χ0n) is 22.6. The fourth-order valence-electron chi connectivity index (χ4n) is 5.42. The summed E-state index contributed by atoms with van der Waals surface area (Å²) in [5.41, 5.74) is 6.61. The van der Waals surface area contributed by atoms with Gasteiger partial charge in [0.15, 0.2) is 11.5 Å². The highest BCUT2D eigenvalue weighted by Crippen LogP contribution is 2.36. The van der Waals surface area contributed by atoms with Crippen molar-refractivity contribution in [2.75, 3.05) is 18.0 Å². The average Bonchev–Trinajstić information content (AvgIpc) is 3.60. The van der Waals surface area contributed by atoms with Gasteiger partial charge in [0, 0.05) is 37.1 Å². The Morgan fingerprint density at radius 3 is 2.64 bits per heavy atom. The van der Waals surface area contributed by atoms with Crippen LogP contribution in [0.1, 0.15) is 38.6 Å². The van der Waals surface area contributed by atoms with Crippen molar-refractivity contribution >= 4 is 17.5 Å². The van der Waals surface area contributed by atoms with Crippen LogP contribution >= 0.6 is 0 Å². The summed E-state index contributed by atoms with van der Waals surface area (Å²) in [4.78, 5) is 18.1. The van der Waals surface area contributed by atoms with Gasteiger partial charge in [-0.25, -0.2) is 9.64 Å². The number of rotatable bonds is 3. The molecule has 1 amide bonds. The largest absolute Gasteiger partial charge is 0.444 e. The lowest BCUT2D eigenvalue weighted by molar-refractivity contribution is 0.0509. The Kier molecular flexibility index (Phi) is 5.91. The smallest absolute Gasteiger partial charge is 0.407 e. The third kappa shape index (κ3) is 4.74. The first kappa shape index (κ1) is 24.7. The number of ether oxygens (including phenoxy) is 1. The second-order valence-corrected chi connectivity index (χ2v) is 11.2. The van der Waals surface area contributed by atoms with E-state index in [-0.39, 0.29) is 12.1 Å². The highest BCUT2D eigenvalue weighted by molar-refractivity contribution is 5.73. The second kappa shape index (κ2) is 9.31. The van der Waals surface area contributed by atoms with E-state index >= 15 is 0 Å². The van der Waals surface area contributed by atoms with E-state index in [1.807, 2.05) is 52.0 Å². The molecule has 0 spiro atoms. The molecule has 4 heterocycles. The molecule has 9 nitrogen and oxygen atoms in total. The van der Waals surface area contributed by atoms with Crippen LogP contribution in [0.15, 0.2) is 54.7 Å². The fourth-order valence-corrected chi connectivity index (χ4v) is 5.42. The molecule has 0 bridgehead atoms. The minimum Gasteiger partial charge on any atom is -0.444 e. The van der Waals surface area contributed by atoms with Gasteiger partial charge in [-0.2, -0.15) is 0 Å². The van der Waals surface area contributed by atoms with E-state index in [1.54, 1.807) is 0 Å². The minimum absolute atomic E-state index is 0.0400. The molecule has 1 atom stereocenters. The molecule has 6 rings (SSSR count). The van der Waals surface area contributed by atoms with E-state index in [2.05, 4.69) is 64.9 Å². The monoisotopic (exact) mass is 521 g/mol. The van der Waals surface area contributed by atoms with Crippen molar-refractivity contribution in [1.82, 2.24) is 24.6 Å². The number of aromatic nitrogens is 4. The summed E-state index contributed by atoms with van der Waals surface area (Å²) in [6.07, 6.45) is 2.64. The third-order valence-corrected chi connectivity index (χ3v) is 7.20. The van der Waals surface area contributed by atoms with E-state index in [0.29, 0.717) is 12.2 Å². The lowest BCUT2D eigenvalue weighted by Crippen LogP contribution is -2.40. The number of amides is 1. The number of carbonyl (C=O) groups excluding carboxylic acids is 1. The van der Waals surface area contributed by atoms with Gasteiger partial charge in [0.2, 0.25) is 0 Å². The molecule has 2 aliphatic heterocycles. The van der Waals surface area contributed by atoms with Crippen LogP contribution in [-0.4, -0.2) is 50.2 Å². The first-order chi connectivity index (χ1) is 18.7. The van der Waals surface area contributed by atoms with Gasteiger partial charge in [0.05, 0.1) is 24.0 Å². The van der Waals surface area contributed by atoms with Crippen LogP contribution in [-0.2, 0) is 11.3 Å². The van der Waals surface area contributed by atoms with Crippen molar-refractivity contribution in [3.8, 4) is 28.3 Å². The van der Waals surface area contributed by atoms with Crippen LogP contribution in [0, 0.1) is 13.5 Å². The van der Waals surface area contributed by atoms with Gasteiger partial charge in [0.25, 0.3) is 0 Å². The molecule has 1 saturated heterocycles. The normalized spacial score (nSPS) is 16.1. The molecule has 1 N–H and O–H groups in total. The first-order valence-electron chi connectivity index (χ1n) is 13.2. The molecular weight excluding hydrogens is 490 g/mol. The average molecular weight is 522 g/mol. The van der Waals surface area contributed by atoms with Gasteiger partial charge >= 0.3 is 6.09 Å². The van der Waals surface area contributed by atoms with Crippen LogP contribution in [0.3, 0.4) is 0 Å².